The van der Waals surface area contributed by atoms with Crippen LogP contribution in [0, 0.1) is 5.92 Å². The summed E-state index contributed by atoms with van der Waals surface area (Å²) in [4.78, 5) is 0. The van der Waals surface area contributed by atoms with E-state index < -0.39 is 8.07 Å². The second kappa shape index (κ2) is 3.82. The van der Waals surface area contributed by atoms with Gasteiger partial charge in [0.1, 0.15) is 0 Å². The quantitative estimate of drug-likeness (QED) is 0.562. The smallest absolute Gasteiger partial charge is 0.0914 e. The number of hydrogen-bond donors (Lipinski definition) is 1. The summed E-state index contributed by atoms with van der Waals surface area (Å²) in [5, 5.41) is 10.4. The molecule has 1 rings (SSSR count). The van der Waals surface area contributed by atoms with Gasteiger partial charge >= 0.3 is 0 Å². The molecule has 1 aliphatic carbocycles. The fourth-order valence-corrected chi connectivity index (χ4v) is 2.71. The first-order chi connectivity index (χ1) is 6.25. The molecule has 1 fully saturated rings. The third-order valence-electron chi connectivity index (χ3n) is 3.86. The molecule has 1 nitrogen and oxygen atoms in total. The van der Waals surface area contributed by atoms with E-state index in [1.165, 1.54) is 12.8 Å². The third-order valence-corrected chi connectivity index (χ3v) is 9.40. The topological polar surface area (TPSA) is 20.2 Å². The maximum atomic E-state index is 10.2. The van der Waals surface area contributed by atoms with Gasteiger partial charge in [0.25, 0.3) is 0 Å². The Balaban J connectivity index is 2.60. The predicted octanol–water partition coefficient (Wildman–Crippen LogP) is 3.36. The lowest BCUT2D eigenvalue weighted by Gasteiger charge is -2.39. The van der Waals surface area contributed by atoms with Crippen LogP contribution in [0.25, 0.3) is 0 Å². The van der Waals surface area contributed by atoms with Crippen LogP contribution in [0.4, 0.5) is 0 Å². The summed E-state index contributed by atoms with van der Waals surface area (Å²) in [6, 6.07) is 0. The van der Waals surface area contributed by atoms with Crippen LogP contribution in [0.2, 0.25) is 18.1 Å². The molecule has 2 heteroatoms. The molecule has 0 bridgehead atoms. The number of hydrogen-bond acceptors (Lipinski definition) is 1. The highest BCUT2D eigenvalue weighted by molar-refractivity contribution is 6.81. The van der Waals surface area contributed by atoms with Crippen molar-refractivity contribution in [2.24, 2.45) is 5.92 Å². The van der Waals surface area contributed by atoms with E-state index in [1.807, 2.05) is 0 Å². The van der Waals surface area contributed by atoms with E-state index in [1.54, 1.807) is 0 Å². The van der Waals surface area contributed by atoms with Crippen molar-refractivity contribution in [3.8, 4) is 0 Å². The first kappa shape index (κ1) is 12.0. The number of allylic oxidation sites excluding steroid dienone is 1. The highest BCUT2D eigenvalue weighted by Gasteiger charge is 2.40. The van der Waals surface area contributed by atoms with Gasteiger partial charge in [-0.05, 0) is 23.8 Å². The molecular weight excluding hydrogens is 188 g/mol. The lowest BCUT2D eigenvalue weighted by atomic mass is 10.2. The zero-order chi connectivity index (χ0) is 11.0. The summed E-state index contributed by atoms with van der Waals surface area (Å²) in [6.07, 6.45) is 6.90. The third kappa shape index (κ3) is 2.70. The van der Waals surface area contributed by atoms with Crippen molar-refractivity contribution < 1.29 is 5.11 Å². The molecule has 1 atom stereocenters. The Hall–Kier alpha value is -0.0831. The fourth-order valence-electron chi connectivity index (χ4n) is 1.24. The fraction of sp³-hybridized carbons (Fsp3) is 0.833. The number of aliphatic hydroxyl groups excluding tert-OH is 1. The van der Waals surface area contributed by atoms with Crippen molar-refractivity contribution in [2.75, 3.05) is 0 Å². The molecule has 0 saturated heterocycles. The molecule has 14 heavy (non-hydrogen) atoms. The molecule has 0 aliphatic heterocycles. The molecule has 0 aromatic carbocycles. The van der Waals surface area contributed by atoms with Gasteiger partial charge in [-0.3, -0.25) is 0 Å². The van der Waals surface area contributed by atoms with Crippen molar-refractivity contribution in [3.63, 3.8) is 0 Å². The Labute approximate surface area is 89.2 Å². The zero-order valence-electron chi connectivity index (χ0n) is 10.2. The van der Waals surface area contributed by atoms with Gasteiger partial charge < -0.3 is 5.11 Å². The maximum absolute atomic E-state index is 10.2. The normalized spacial score (nSPS) is 21.6. The summed E-state index contributed by atoms with van der Waals surface area (Å²) >= 11 is 0. The minimum Gasteiger partial charge on any atom is -0.393 e. The van der Waals surface area contributed by atoms with Crippen LogP contribution in [0.5, 0.6) is 0 Å². The summed E-state index contributed by atoms with van der Waals surface area (Å²) in [6.45, 7) is 11.3. The van der Waals surface area contributed by atoms with Crippen LogP contribution in [0.3, 0.4) is 0 Å². The molecule has 1 unspecified atom stereocenters. The summed E-state index contributed by atoms with van der Waals surface area (Å²) < 4.78 is 0. The molecule has 1 aliphatic rings. The SMILES string of the molecule is CC(C)(C)[Si](C)(C)C(O)/C=C/C1CC1. The zero-order valence-corrected chi connectivity index (χ0v) is 11.2. The lowest BCUT2D eigenvalue weighted by Crippen LogP contribution is -2.48. The Bertz CT molecular complexity index is 221. The van der Waals surface area contributed by atoms with E-state index in [-0.39, 0.29) is 10.8 Å². The van der Waals surface area contributed by atoms with E-state index in [4.69, 9.17) is 0 Å². The van der Waals surface area contributed by atoms with E-state index >= 15 is 0 Å². The molecule has 0 amide bonds. The molecular formula is C12H24OSi. The van der Waals surface area contributed by atoms with Crippen molar-refractivity contribution in [3.05, 3.63) is 12.2 Å². The first-order valence-electron chi connectivity index (χ1n) is 5.61. The van der Waals surface area contributed by atoms with Crippen LogP contribution >= 0.6 is 0 Å². The summed E-state index contributed by atoms with van der Waals surface area (Å²) in [5.74, 6) is 0.773. The van der Waals surface area contributed by atoms with Gasteiger partial charge in [0.15, 0.2) is 0 Å². The molecule has 1 N–H and O–H groups in total. The highest BCUT2D eigenvalue weighted by atomic mass is 28.3. The molecule has 82 valence electrons. The van der Waals surface area contributed by atoms with Gasteiger partial charge in [-0.1, -0.05) is 46.0 Å². The summed E-state index contributed by atoms with van der Waals surface area (Å²) in [7, 11) is -1.58. The molecule has 0 spiro atoms. The van der Waals surface area contributed by atoms with Crippen LogP contribution in [-0.4, -0.2) is 18.9 Å². The van der Waals surface area contributed by atoms with Gasteiger partial charge in [-0.25, -0.2) is 0 Å². The van der Waals surface area contributed by atoms with E-state index in [0.717, 1.165) is 5.92 Å². The van der Waals surface area contributed by atoms with Gasteiger partial charge in [-0.2, -0.15) is 0 Å². The average Bonchev–Trinajstić information content (AvgIpc) is 2.80. The molecule has 0 radical (unpaired) electrons. The molecule has 0 aromatic rings. The minimum atomic E-state index is -1.58. The van der Waals surface area contributed by atoms with Crippen LogP contribution < -0.4 is 0 Å². The largest absolute Gasteiger partial charge is 0.393 e. The van der Waals surface area contributed by atoms with Crippen molar-refractivity contribution in [1.82, 2.24) is 0 Å². The van der Waals surface area contributed by atoms with E-state index in [2.05, 4.69) is 46.0 Å². The second-order valence-corrected chi connectivity index (χ2v) is 11.7. The van der Waals surface area contributed by atoms with Crippen LogP contribution in [-0.2, 0) is 0 Å². The Morgan fingerprint density at radius 2 is 1.79 bits per heavy atom. The standard InChI is InChI=1S/C12H24OSi/c1-12(2,3)14(4,5)11(13)9-8-10-6-7-10/h8-11,13H,6-7H2,1-5H3/b9-8+. The van der Waals surface area contributed by atoms with Gasteiger partial charge in [0.2, 0.25) is 0 Å². The predicted molar refractivity (Wildman–Crippen MR) is 65.1 cm³/mol. The van der Waals surface area contributed by atoms with Gasteiger partial charge in [0.05, 0.1) is 13.8 Å². The van der Waals surface area contributed by atoms with E-state index in [0.29, 0.717) is 0 Å². The molecule has 1 saturated carbocycles. The van der Waals surface area contributed by atoms with Crippen molar-refractivity contribution >= 4 is 8.07 Å². The highest BCUT2D eigenvalue weighted by Crippen LogP contribution is 2.39. The maximum Gasteiger partial charge on any atom is 0.0914 e. The lowest BCUT2D eigenvalue weighted by molar-refractivity contribution is 0.283. The number of rotatable bonds is 3. The van der Waals surface area contributed by atoms with Crippen LogP contribution in [0.15, 0.2) is 12.2 Å². The summed E-state index contributed by atoms with van der Waals surface area (Å²) in [5.41, 5.74) is -0.192. The second-order valence-electron chi connectivity index (χ2n) is 6.14. The average molecular weight is 212 g/mol. The van der Waals surface area contributed by atoms with Gasteiger partial charge in [-0.15, -0.1) is 0 Å². The van der Waals surface area contributed by atoms with Crippen molar-refractivity contribution in [2.45, 2.75) is 57.5 Å². The van der Waals surface area contributed by atoms with Crippen LogP contribution in [0.1, 0.15) is 33.6 Å². The Morgan fingerprint density at radius 1 is 1.29 bits per heavy atom. The Morgan fingerprint density at radius 3 is 2.14 bits per heavy atom. The number of aliphatic hydroxyl groups is 1. The van der Waals surface area contributed by atoms with Crippen molar-refractivity contribution in [1.29, 1.82) is 0 Å². The van der Waals surface area contributed by atoms with E-state index in [9.17, 15) is 5.11 Å². The molecule has 0 aromatic heterocycles. The minimum absolute atomic E-state index is 0.192. The van der Waals surface area contributed by atoms with Gasteiger partial charge in [0, 0.05) is 0 Å². The Kier molecular flexibility index (Phi) is 3.27. The first-order valence-corrected chi connectivity index (χ1v) is 8.69. The monoisotopic (exact) mass is 212 g/mol. The molecule has 0 heterocycles.